The molecule has 2 aliphatic rings. The van der Waals surface area contributed by atoms with Crippen molar-refractivity contribution in [3.8, 4) is 0 Å². The Labute approximate surface area is 684 Å². The average molecular weight is 1580 g/mol. The summed E-state index contributed by atoms with van der Waals surface area (Å²) < 4.78 is 231. The van der Waals surface area contributed by atoms with Gasteiger partial charge in [0.1, 0.15) is 37.3 Å². The quantitative estimate of drug-likeness (QED) is 0.0139. The Morgan fingerprint density at radius 1 is 0.505 bits per heavy atom. The normalized spacial score (nSPS) is 20.5. The Bertz CT molecular complexity index is 4570. The number of carboxylic acid groups (broad SMARTS) is 4. The van der Waals surface area contributed by atoms with E-state index >= 15 is 0 Å². The van der Waals surface area contributed by atoms with Crippen LogP contribution in [0.5, 0.6) is 0 Å². The molecule has 2 fully saturated rings. The van der Waals surface area contributed by atoms with Crippen LogP contribution >= 0.6 is 15.9 Å². The van der Waals surface area contributed by atoms with Gasteiger partial charge < -0.3 is 44.1 Å². The summed E-state index contributed by atoms with van der Waals surface area (Å²) in [6, 6.07) is 45.0. The number of hydrogen-bond donors (Lipinski definition) is 4. The zero-order valence-electron chi connectivity index (χ0n) is 90.4. The Kier molecular flexibility index (Phi) is 29.9. The fourth-order valence-electron chi connectivity index (χ4n) is 9.19. The van der Waals surface area contributed by atoms with Gasteiger partial charge in [0.2, 0.25) is 11.8 Å². The van der Waals surface area contributed by atoms with Crippen LogP contribution in [0.4, 0.5) is 9.59 Å². The molecule has 0 aliphatic carbocycles. The van der Waals surface area contributed by atoms with E-state index in [9.17, 15) is 52.7 Å². The number of carbonyl (C=O) groups excluding carboxylic acids is 7. The second-order valence-corrected chi connectivity index (χ2v) is 25.4. The van der Waals surface area contributed by atoms with Crippen molar-refractivity contribution in [2.75, 3.05) is 5.28 Å². The lowest BCUT2D eigenvalue weighted by atomic mass is 9.92. The zero-order valence-corrected chi connectivity index (χ0v) is 63.0. The summed E-state index contributed by atoms with van der Waals surface area (Å²) >= 11 is 2.58. The molecular formula is C83H118BBrN2O20. The molecule has 6 atom stereocenters. The molecule has 0 aromatic heterocycles. The molecule has 2 saturated heterocycles. The smallest absolute Gasteiger partial charge is 0.417 e. The van der Waals surface area contributed by atoms with Gasteiger partial charge in [-0.05, 0) is 120 Å². The number of rotatable bonds is 31. The van der Waals surface area contributed by atoms with Crippen LogP contribution in [0.25, 0.3) is 0 Å². The summed E-state index contributed by atoms with van der Waals surface area (Å²) in [5.74, 6) is -18.7. The molecular weight excluding hydrogens is 1440 g/mol. The lowest BCUT2D eigenvalue weighted by molar-refractivity contribution is -0.152. The molecule has 2 aliphatic heterocycles. The minimum atomic E-state index is -3.98. The fraction of sp³-hybridized carbons (Fsp3) is 0.506. The molecule has 0 saturated carbocycles. The predicted octanol–water partition coefficient (Wildman–Crippen LogP) is 16.8. The zero-order chi connectivity index (χ0) is 106. The van der Waals surface area contributed by atoms with Gasteiger partial charge in [-0.3, -0.25) is 43.2 Å². The van der Waals surface area contributed by atoms with E-state index in [4.69, 9.17) is 83.8 Å². The van der Waals surface area contributed by atoms with Crippen LogP contribution in [-0.4, -0.2) is 126 Å². The Hall–Kier alpha value is -9.19. The third-order valence-electron chi connectivity index (χ3n) is 14.2. The molecule has 0 radical (unpaired) electrons. The number of cyclic esters (lactones) is 2. The molecule has 4 amide bonds. The van der Waals surface area contributed by atoms with Crippen molar-refractivity contribution in [1.82, 2.24) is 9.80 Å². The van der Waals surface area contributed by atoms with E-state index in [0.29, 0.717) is 24.3 Å². The first-order valence-corrected chi connectivity index (χ1v) is 34.3. The summed E-state index contributed by atoms with van der Waals surface area (Å²) in [6.07, 6.45) is -17.8. The van der Waals surface area contributed by atoms with E-state index in [1.807, 2.05) is 138 Å². The minimum Gasteiger partial charge on any atom is -0.481 e. The lowest BCUT2D eigenvalue weighted by Gasteiger charge is -2.25. The number of aliphatic carboxylic acids is 4. The van der Waals surface area contributed by atoms with Crippen molar-refractivity contribution in [2.24, 2.45) is 47.3 Å². The monoisotopic (exact) mass is 1580 g/mol. The van der Waals surface area contributed by atoms with Gasteiger partial charge in [-0.25, -0.2) is 19.4 Å². The number of imide groups is 2. The van der Waals surface area contributed by atoms with Crippen molar-refractivity contribution >= 4 is 90.0 Å². The SMILES string of the molecule is CC(C)CCC(=O)N1C(=O)O[C@@H](c2ccccc2)[C@H]1C.CC(C)C[C@@H](CC(=O)OCc1ccccc1)C(=O)O.[2H]B([2H])[2H].[2H]C([2H])(Br)C(=O)OCc1ccccc1.[2H]C([2H])(C(=O)OCc1ccccc1)[C@H](CC(C)C)C(=O)N1C(=O)O[C@@H](c2ccccc2)[C@H]1C.[2H]C([2H])(CC(C)C)C(=O)O.[2H]C([2H])([2H])C([2H])(C([2H])([2H])[2H])C([2H])([2H])C([2H])([2H])C(=O)O.[2H]C([2H])([2H])C([2H])(C([2H])([2H])[2H])C([2H])([2H])CC(=O)O. The molecule has 107 heavy (non-hydrogen) atoms. The van der Waals surface area contributed by atoms with Gasteiger partial charge >= 0.3 is 54.0 Å². The molecule has 0 bridgehead atoms. The van der Waals surface area contributed by atoms with Crippen LogP contribution in [0.3, 0.4) is 0 Å². The number of benzene rings is 5. The Morgan fingerprint density at radius 3 is 1.24 bits per heavy atom. The molecule has 5 aromatic carbocycles. The number of ether oxygens (including phenoxy) is 5. The second-order valence-electron chi connectivity index (χ2n) is 25.0. The molecule has 590 valence electrons. The van der Waals surface area contributed by atoms with E-state index in [-0.39, 0.29) is 74.9 Å². The highest BCUT2D eigenvalue weighted by molar-refractivity contribution is 9.09. The number of amides is 4. The summed E-state index contributed by atoms with van der Waals surface area (Å²) in [7, 11) is -1.42. The van der Waals surface area contributed by atoms with Crippen molar-refractivity contribution in [3.05, 3.63) is 179 Å². The minimum absolute atomic E-state index is 0.0682. The number of nitrogens with zero attached hydrogens (tertiary/aromatic N) is 2. The fourth-order valence-corrected chi connectivity index (χ4v) is 9.30. The van der Waals surface area contributed by atoms with Gasteiger partial charge in [0.25, 0.3) is 0 Å². The summed E-state index contributed by atoms with van der Waals surface area (Å²) in [5, 5.41) is 32.3. The maximum Gasteiger partial charge on any atom is 0.417 e. The average Bonchev–Trinajstić information content (AvgIpc) is 0.864. The van der Waals surface area contributed by atoms with E-state index < -0.39 is 175 Å². The molecule has 2 heterocycles. The van der Waals surface area contributed by atoms with Crippen LogP contribution in [-0.2, 0) is 86.7 Å². The first-order chi connectivity index (χ1) is 61.8. The van der Waals surface area contributed by atoms with E-state index in [1.165, 1.54) is 4.90 Å². The number of alkyl halides is 1. The van der Waals surface area contributed by atoms with Crippen LogP contribution in [0.1, 0.15) is 249 Å². The van der Waals surface area contributed by atoms with E-state index in [2.05, 4.69) is 29.8 Å². The van der Waals surface area contributed by atoms with Crippen molar-refractivity contribution in [3.63, 3.8) is 0 Å². The van der Waals surface area contributed by atoms with Gasteiger partial charge in [0, 0.05) is 64.4 Å². The molecule has 5 aromatic rings. The summed E-state index contributed by atoms with van der Waals surface area (Å²) in [6.45, 7) is 4.46. The molecule has 0 unspecified atom stereocenters. The number of carboxylic acids is 4. The maximum atomic E-state index is 13.5. The number of esters is 3. The molecule has 0 spiro atoms. The Balaban J connectivity index is 0.00000159. The van der Waals surface area contributed by atoms with Crippen LogP contribution in [0.2, 0.25) is 0 Å². The number of hydrogen-bond acceptors (Lipinski definition) is 16. The number of halogens is 1. The molecule has 22 nitrogen and oxygen atoms in total. The Morgan fingerprint density at radius 2 is 0.879 bits per heavy atom. The van der Waals surface area contributed by atoms with Gasteiger partial charge in [-0.15, -0.1) is 0 Å². The highest BCUT2D eigenvalue weighted by atomic mass is 79.9. The lowest BCUT2D eigenvalue weighted by Crippen LogP contribution is -2.42. The second kappa shape index (κ2) is 55.3. The van der Waals surface area contributed by atoms with Crippen LogP contribution in [0.15, 0.2) is 152 Å². The standard InChI is InChI=1S/C25H29NO5.C16H21NO3.C15H20O4.C9H9BrO2.3C6H12O2.BH3/c1-17(2)14-21(15-22(27)30-16-19-10-6-4-7-11-19)24(28)26-18(3)23(31-25(26)29)20-12-8-5-9-13-20;1-11(2)9-10-14(18)17-12(3)15(20-16(17)19)13-7-5-4-6-8-13;1-11(2)8-13(15(17)18)9-14(16)19-10-12-6-4-3-5-7-12;10-6-9(11)12-7-8-4-2-1-3-5-8;3*1-5(2)3-4-6(7)8;/h4-13,17-18,21,23H,14-16H2,1-3H3;4-8,11-12,15H,9-10H2,1-3H3;3-7,11,13H,8-10H2,1-2H3,(H,17,18);1-5H,6-7H2;3*5H,3-4H2,1-2H3,(H,7,8);1H3/t18-,21+,23-;12-,15-;13-;;;;;/m110...../s1/i15D2;;;6D2;1D3,2D3,3D2,4D2,5D;1D3,2D3,3D2,5D;4D2;1D3. The number of carbonyl (C=O) groups is 11. The van der Waals surface area contributed by atoms with E-state index in [1.54, 1.807) is 69.3 Å². The summed E-state index contributed by atoms with van der Waals surface area (Å²) in [4.78, 5) is 130. The topological polar surface area (TPSA) is 321 Å². The van der Waals surface area contributed by atoms with Gasteiger partial charge in [0.15, 0.2) is 0 Å². The van der Waals surface area contributed by atoms with E-state index in [0.717, 1.165) is 33.6 Å². The molecule has 24 heteroatoms. The predicted molar refractivity (Wildman–Crippen MR) is 418 cm³/mol. The highest BCUT2D eigenvalue weighted by Crippen LogP contribution is 2.36. The maximum absolute atomic E-state index is 13.5. The first kappa shape index (κ1) is 57.9. The van der Waals surface area contributed by atoms with Crippen LogP contribution < -0.4 is 0 Å². The van der Waals surface area contributed by atoms with Crippen molar-refractivity contribution < 1.29 is 132 Å². The van der Waals surface area contributed by atoms with Gasteiger partial charge in [-0.1, -0.05) is 250 Å². The third-order valence-corrected chi connectivity index (χ3v) is 14.5. The van der Waals surface area contributed by atoms with Gasteiger partial charge in [0.05, 0.1) is 41.8 Å². The molecule has 4 N–H and O–H groups in total. The highest BCUT2D eigenvalue weighted by Gasteiger charge is 2.46. The largest absolute Gasteiger partial charge is 0.481 e. The van der Waals surface area contributed by atoms with Crippen molar-refractivity contribution in [2.45, 2.75) is 218 Å². The van der Waals surface area contributed by atoms with Gasteiger partial charge in [-0.2, -0.15) is 0 Å². The molecule has 7 rings (SSSR count). The van der Waals surface area contributed by atoms with Crippen LogP contribution in [0, 0.1) is 47.3 Å². The van der Waals surface area contributed by atoms with Crippen molar-refractivity contribution in [1.29, 1.82) is 4.01 Å². The summed E-state index contributed by atoms with van der Waals surface area (Å²) in [5.41, 5.74) is 4.09. The third kappa shape index (κ3) is 44.5. The first-order valence-electron chi connectivity index (χ1n) is 48.2.